The van der Waals surface area contributed by atoms with E-state index in [2.05, 4.69) is 4.72 Å². The van der Waals surface area contributed by atoms with Crippen LogP contribution in [-0.2, 0) is 16.6 Å². The van der Waals surface area contributed by atoms with Gasteiger partial charge in [-0.15, -0.1) is 11.3 Å². The monoisotopic (exact) mass is 382 g/mol. The van der Waals surface area contributed by atoms with Crippen molar-refractivity contribution in [1.82, 2.24) is 9.62 Å². The predicted octanol–water partition coefficient (Wildman–Crippen LogP) is 2.72. The molecule has 25 heavy (non-hydrogen) atoms. The van der Waals surface area contributed by atoms with Crippen molar-refractivity contribution >= 4 is 27.3 Å². The van der Waals surface area contributed by atoms with E-state index < -0.39 is 10.0 Å². The Morgan fingerprint density at radius 3 is 2.60 bits per heavy atom. The van der Waals surface area contributed by atoms with E-state index >= 15 is 0 Å². The van der Waals surface area contributed by atoms with E-state index in [-0.39, 0.29) is 22.6 Å². The van der Waals surface area contributed by atoms with Crippen molar-refractivity contribution in [2.45, 2.75) is 31.3 Å². The van der Waals surface area contributed by atoms with Crippen LogP contribution in [0, 0.1) is 0 Å². The first-order valence-corrected chi connectivity index (χ1v) is 10.1. The summed E-state index contributed by atoms with van der Waals surface area (Å²) in [5.74, 6) is -0.0531. The van der Waals surface area contributed by atoms with Crippen LogP contribution in [0.25, 0.3) is 0 Å². The first-order valence-electron chi connectivity index (χ1n) is 7.73. The number of rotatable bonds is 7. The van der Waals surface area contributed by atoms with Crippen molar-refractivity contribution in [3.63, 3.8) is 0 Å². The average molecular weight is 383 g/mol. The SMILES string of the molecule is COc1ccc(C(=O)N(C)Cc2cccs2)cc1S(=O)(=O)NC(C)C. The third kappa shape index (κ3) is 4.81. The Balaban J connectivity index is 2.33. The van der Waals surface area contributed by atoms with E-state index in [0.29, 0.717) is 12.1 Å². The number of nitrogens with one attached hydrogen (secondary N) is 1. The van der Waals surface area contributed by atoms with Gasteiger partial charge in [-0.05, 0) is 43.5 Å². The molecule has 0 fully saturated rings. The van der Waals surface area contributed by atoms with Crippen LogP contribution < -0.4 is 9.46 Å². The molecule has 1 aromatic heterocycles. The summed E-state index contributed by atoms with van der Waals surface area (Å²) < 4.78 is 32.7. The largest absolute Gasteiger partial charge is 0.495 e. The van der Waals surface area contributed by atoms with E-state index in [1.165, 1.54) is 19.2 Å². The molecule has 1 amide bonds. The van der Waals surface area contributed by atoms with Gasteiger partial charge in [0.05, 0.1) is 13.7 Å². The molecule has 0 bridgehead atoms. The number of sulfonamides is 1. The summed E-state index contributed by atoms with van der Waals surface area (Å²) in [6.45, 7) is 3.93. The predicted molar refractivity (Wildman–Crippen MR) is 98.6 cm³/mol. The lowest BCUT2D eigenvalue weighted by atomic mass is 10.2. The van der Waals surface area contributed by atoms with E-state index in [4.69, 9.17) is 4.74 Å². The Bertz CT molecular complexity index is 830. The van der Waals surface area contributed by atoms with Crippen molar-refractivity contribution in [1.29, 1.82) is 0 Å². The van der Waals surface area contributed by atoms with Crippen LogP contribution in [0.15, 0.2) is 40.6 Å². The van der Waals surface area contributed by atoms with Gasteiger partial charge in [0.2, 0.25) is 10.0 Å². The van der Waals surface area contributed by atoms with Crippen molar-refractivity contribution in [2.75, 3.05) is 14.2 Å². The highest BCUT2D eigenvalue weighted by atomic mass is 32.2. The highest BCUT2D eigenvalue weighted by Gasteiger charge is 2.23. The van der Waals surface area contributed by atoms with Gasteiger partial charge in [0, 0.05) is 23.5 Å². The van der Waals surface area contributed by atoms with Crippen LogP contribution in [0.1, 0.15) is 29.1 Å². The standard InChI is InChI=1S/C17H22N2O4S2/c1-12(2)18-25(21,22)16-10-13(7-8-15(16)23-4)17(20)19(3)11-14-6-5-9-24-14/h5-10,12,18H,11H2,1-4H3. The van der Waals surface area contributed by atoms with Crippen molar-refractivity contribution < 1.29 is 17.9 Å². The lowest BCUT2D eigenvalue weighted by Gasteiger charge is -2.18. The summed E-state index contributed by atoms with van der Waals surface area (Å²) in [7, 11) is -0.693. The van der Waals surface area contributed by atoms with E-state index in [1.807, 2.05) is 17.5 Å². The molecule has 0 aliphatic rings. The number of amides is 1. The zero-order chi connectivity index (χ0) is 18.6. The number of thiophene rings is 1. The first kappa shape index (κ1) is 19.4. The van der Waals surface area contributed by atoms with Crippen LogP contribution in [-0.4, -0.2) is 39.4 Å². The Hall–Kier alpha value is -1.90. The number of methoxy groups -OCH3 is 1. The van der Waals surface area contributed by atoms with Crippen LogP contribution in [0.4, 0.5) is 0 Å². The zero-order valence-electron chi connectivity index (χ0n) is 14.6. The summed E-state index contributed by atoms with van der Waals surface area (Å²) in [5, 5.41) is 1.95. The second kappa shape index (κ2) is 7.99. The highest BCUT2D eigenvalue weighted by molar-refractivity contribution is 7.89. The van der Waals surface area contributed by atoms with Gasteiger partial charge in [0.25, 0.3) is 5.91 Å². The first-order chi connectivity index (χ1) is 11.7. The number of hydrogen-bond donors (Lipinski definition) is 1. The Kier molecular flexibility index (Phi) is 6.21. The van der Waals surface area contributed by atoms with Crippen molar-refractivity contribution in [3.8, 4) is 5.75 Å². The molecular weight excluding hydrogens is 360 g/mol. The maximum Gasteiger partial charge on any atom is 0.253 e. The molecule has 0 radical (unpaired) electrons. The molecule has 136 valence electrons. The van der Waals surface area contributed by atoms with E-state index in [0.717, 1.165) is 4.88 Å². The summed E-state index contributed by atoms with van der Waals surface area (Å²) >= 11 is 1.56. The van der Waals surface area contributed by atoms with Crippen LogP contribution in [0.5, 0.6) is 5.75 Å². The summed E-state index contributed by atoms with van der Waals surface area (Å²) in [5.41, 5.74) is 0.295. The van der Waals surface area contributed by atoms with Gasteiger partial charge in [-0.3, -0.25) is 4.79 Å². The van der Waals surface area contributed by atoms with Crippen molar-refractivity contribution in [2.24, 2.45) is 0 Å². The molecule has 0 spiro atoms. The number of benzene rings is 1. The molecule has 0 aliphatic carbocycles. The molecule has 0 saturated carbocycles. The molecule has 1 aromatic carbocycles. The molecule has 2 aromatic rings. The minimum Gasteiger partial charge on any atom is -0.495 e. The van der Waals surface area contributed by atoms with Crippen LogP contribution in [0.2, 0.25) is 0 Å². The normalized spacial score (nSPS) is 11.6. The third-order valence-corrected chi connectivity index (χ3v) is 5.95. The molecule has 1 N–H and O–H groups in total. The molecule has 0 aliphatic heterocycles. The van der Waals surface area contributed by atoms with E-state index in [9.17, 15) is 13.2 Å². The fraction of sp³-hybridized carbons (Fsp3) is 0.353. The van der Waals surface area contributed by atoms with Crippen molar-refractivity contribution in [3.05, 3.63) is 46.2 Å². The lowest BCUT2D eigenvalue weighted by molar-refractivity contribution is 0.0786. The van der Waals surface area contributed by atoms with Gasteiger partial charge < -0.3 is 9.64 Å². The number of nitrogens with zero attached hydrogens (tertiary/aromatic N) is 1. The van der Waals surface area contributed by atoms with Gasteiger partial charge in [0.1, 0.15) is 10.6 Å². The number of carbonyl (C=O) groups excluding carboxylic acids is 1. The van der Waals surface area contributed by atoms with Crippen LogP contribution in [0.3, 0.4) is 0 Å². The number of ether oxygens (including phenoxy) is 1. The van der Waals surface area contributed by atoms with Gasteiger partial charge in [-0.2, -0.15) is 0 Å². The molecule has 0 saturated heterocycles. The Morgan fingerprint density at radius 2 is 2.04 bits per heavy atom. The Morgan fingerprint density at radius 1 is 1.32 bits per heavy atom. The summed E-state index contributed by atoms with van der Waals surface area (Å²) in [6, 6.07) is 8.03. The summed E-state index contributed by atoms with van der Waals surface area (Å²) in [6.07, 6.45) is 0. The number of hydrogen-bond acceptors (Lipinski definition) is 5. The van der Waals surface area contributed by atoms with Gasteiger partial charge in [-0.1, -0.05) is 6.07 Å². The van der Waals surface area contributed by atoms with Gasteiger partial charge >= 0.3 is 0 Å². The Labute approximate surface area is 152 Å². The zero-order valence-corrected chi connectivity index (χ0v) is 16.3. The quantitative estimate of drug-likeness (QED) is 0.799. The maximum absolute atomic E-state index is 12.6. The minimum atomic E-state index is -3.78. The highest BCUT2D eigenvalue weighted by Crippen LogP contribution is 2.26. The van der Waals surface area contributed by atoms with Gasteiger partial charge in [-0.25, -0.2) is 13.1 Å². The molecule has 0 unspecified atom stereocenters. The molecular formula is C17H22N2O4S2. The van der Waals surface area contributed by atoms with Gasteiger partial charge in [0.15, 0.2) is 0 Å². The second-order valence-corrected chi connectivity index (χ2v) is 8.60. The third-order valence-electron chi connectivity index (χ3n) is 3.41. The maximum atomic E-state index is 12.6. The molecule has 2 rings (SSSR count). The molecule has 1 heterocycles. The molecule has 8 heteroatoms. The molecule has 0 atom stereocenters. The van der Waals surface area contributed by atoms with Crippen LogP contribution >= 0.6 is 11.3 Å². The topological polar surface area (TPSA) is 75.7 Å². The molecule has 6 nitrogen and oxygen atoms in total. The smallest absolute Gasteiger partial charge is 0.253 e. The fourth-order valence-electron chi connectivity index (χ4n) is 2.32. The number of carbonyl (C=O) groups is 1. The average Bonchev–Trinajstić information content (AvgIpc) is 3.05. The second-order valence-electron chi connectivity index (χ2n) is 5.88. The van der Waals surface area contributed by atoms with E-state index in [1.54, 1.807) is 43.2 Å². The fourth-order valence-corrected chi connectivity index (χ4v) is 4.53. The minimum absolute atomic E-state index is 0.0425. The summed E-state index contributed by atoms with van der Waals surface area (Å²) in [4.78, 5) is 15.2. The lowest BCUT2D eigenvalue weighted by Crippen LogP contribution is -2.31.